The second-order valence-electron chi connectivity index (χ2n) is 4.66. The number of aliphatic hydroxyl groups excluding tert-OH is 1. The first-order valence-electron chi connectivity index (χ1n) is 7.00. The number of aliphatic hydroxyl groups is 1. The number of nitrogens with one attached hydrogen (secondary N) is 2. The summed E-state index contributed by atoms with van der Waals surface area (Å²) >= 11 is 0. The van der Waals surface area contributed by atoms with Crippen LogP contribution in [0.2, 0.25) is 0 Å². The summed E-state index contributed by atoms with van der Waals surface area (Å²) in [5, 5.41) is 21.7. The molecule has 0 aliphatic rings. The zero-order valence-electron chi connectivity index (χ0n) is 12.7. The van der Waals surface area contributed by atoms with Crippen LogP contribution in [-0.4, -0.2) is 55.8 Å². The SMILES string of the molecule is CCOP(=O)(CC(O)Cn1nnc2c(=O)[nH][nH]c(=O)c21)OCC. The van der Waals surface area contributed by atoms with Crippen LogP contribution in [0.4, 0.5) is 0 Å². The first-order chi connectivity index (χ1) is 10.9. The van der Waals surface area contributed by atoms with Crippen molar-refractivity contribution in [2.75, 3.05) is 19.4 Å². The highest BCUT2D eigenvalue weighted by molar-refractivity contribution is 7.53. The van der Waals surface area contributed by atoms with Gasteiger partial charge in [-0.1, -0.05) is 5.21 Å². The molecule has 0 aromatic carbocycles. The zero-order valence-corrected chi connectivity index (χ0v) is 13.6. The Morgan fingerprint density at radius 3 is 2.43 bits per heavy atom. The van der Waals surface area contributed by atoms with Gasteiger partial charge in [-0.05, 0) is 13.8 Å². The maximum absolute atomic E-state index is 12.4. The molecule has 0 radical (unpaired) electrons. The fourth-order valence-corrected chi connectivity index (χ4v) is 3.81. The van der Waals surface area contributed by atoms with E-state index in [2.05, 4.69) is 20.5 Å². The molecule has 0 bridgehead atoms. The van der Waals surface area contributed by atoms with Crippen molar-refractivity contribution in [1.29, 1.82) is 0 Å². The summed E-state index contributed by atoms with van der Waals surface area (Å²) in [5.74, 6) is 0. The maximum atomic E-state index is 12.4. The number of hydrogen-bond acceptors (Lipinski definition) is 8. The van der Waals surface area contributed by atoms with Gasteiger partial charge >= 0.3 is 7.60 Å². The first-order valence-corrected chi connectivity index (χ1v) is 8.73. The molecule has 0 amide bonds. The molecule has 11 nitrogen and oxygen atoms in total. The Bertz CT molecular complexity index is 816. The van der Waals surface area contributed by atoms with Gasteiger partial charge in [0.05, 0.1) is 32.0 Å². The van der Waals surface area contributed by atoms with Crippen LogP contribution in [0.15, 0.2) is 9.59 Å². The highest BCUT2D eigenvalue weighted by Crippen LogP contribution is 2.48. The van der Waals surface area contributed by atoms with E-state index >= 15 is 0 Å². The van der Waals surface area contributed by atoms with Crippen LogP contribution in [0.1, 0.15) is 13.8 Å². The lowest BCUT2D eigenvalue weighted by molar-refractivity contribution is 0.151. The molecule has 128 valence electrons. The highest BCUT2D eigenvalue weighted by atomic mass is 31.2. The van der Waals surface area contributed by atoms with E-state index in [0.717, 1.165) is 4.68 Å². The van der Waals surface area contributed by atoms with E-state index in [9.17, 15) is 19.3 Å². The number of aromatic nitrogens is 5. The molecule has 0 fully saturated rings. The van der Waals surface area contributed by atoms with Crippen LogP contribution in [-0.2, 0) is 20.2 Å². The van der Waals surface area contributed by atoms with E-state index in [1.54, 1.807) is 13.8 Å². The minimum Gasteiger partial charge on any atom is -0.391 e. The Kier molecular flexibility index (Phi) is 5.47. The van der Waals surface area contributed by atoms with Gasteiger partial charge in [-0.25, -0.2) is 4.68 Å². The molecule has 2 heterocycles. The molecule has 2 rings (SSSR count). The molecule has 0 aliphatic heterocycles. The van der Waals surface area contributed by atoms with E-state index in [0.29, 0.717) is 0 Å². The standard InChI is InChI=1S/C11H18N5O6P/c1-3-21-23(20,22-4-2)6-7(17)5-16-9-8(12-15-16)10(18)13-14-11(9)19/h7,17H,3-6H2,1-2H3,(H,13,18)(H,14,19). The Labute approximate surface area is 130 Å². The number of aromatic amines is 2. The van der Waals surface area contributed by atoms with Crippen molar-refractivity contribution in [3.05, 3.63) is 20.7 Å². The summed E-state index contributed by atoms with van der Waals surface area (Å²) < 4.78 is 23.6. The maximum Gasteiger partial charge on any atom is 0.333 e. The van der Waals surface area contributed by atoms with Crippen molar-refractivity contribution in [3.63, 3.8) is 0 Å². The lowest BCUT2D eigenvalue weighted by Gasteiger charge is -2.19. The Balaban J connectivity index is 2.22. The fourth-order valence-electron chi connectivity index (χ4n) is 2.10. The summed E-state index contributed by atoms with van der Waals surface area (Å²) in [7, 11) is -3.44. The minimum absolute atomic E-state index is 0.0737. The summed E-state index contributed by atoms with van der Waals surface area (Å²) in [5.41, 5.74) is -1.42. The summed E-state index contributed by atoms with van der Waals surface area (Å²) in [6.07, 6.45) is -1.43. The van der Waals surface area contributed by atoms with Crippen molar-refractivity contribution in [1.82, 2.24) is 25.2 Å². The highest BCUT2D eigenvalue weighted by Gasteiger charge is 2.28. The molecule has 0 saturated carbocycles. The molecule has 23 heavy (non-hydrogen) atoms. The largest absolute Gasteiger partial charge is 0.391 e. The van der Waals surface area contributed by atoms with Gasteiger partial charge in [0.1, 0.15) is 0 Å². The molecule has 3 N–H and O–H groups in total. The average molecular weight is 347 g/mol. The van der Waals surface area contributed by atoms with Crippen LogP contribution in [0, 0.1) is 0 Å². The second-order valence-corrected chi connectivity index (χ2v) is 6.76. The van der Waals surface area contributed by atoms with E-state index in [4.69, 9.17) is 9.05 Å². The zero-order chi connectivity index (χ0) is 17.0. The Morgan fingerprint density at radius 2 is 1.83 bits per heavy atom. The van der Waals surface area contributed by atoms with Gasteiger partial charge in [-0.2, -0.15) is 0 Å². The van der Waals surface area contributed by atoms with E-state index in [1.807, 2.05) is 0 Å². The molecule has 0 aliphatic carbocycles. The number of rotatable bonds is 8. The fraction of sp³-hybridized carbons (Fsp3) is 0.636. The van der Waals surface area contributed by atoms with E-state index in [1.165, 1.54) is 0 Å². The third-order valence-electron chi connectivity index (χ3n) is 2.92. The first kappa shape index (κ1) is 17.5. The summed E-state index contributed by atoms with van der Waals surface area (Å²) in [6, 6.07) is 0. The van der Waals surface area contributed by atoms with Gasteiger partial charge in [0, 0.05) is 0 Å². The molecule has 2 aromatic heterocycles. The van der Waals surface area contributed by atoms with Gasteiger partial charge < -0.3 is 14.2 Å². The number of nitrogens with zero attached hydrogens (tertiary/aromatic N) is 3. The van der Waals surface area contributed by atoms with Crippen molar-refractivity contribution >= 4 is 18.6 Å². The lowest BCUT2D eigenvalue weighted by atomic mass is 10.4. The van der Waals surface area contributed by atoms with Crippen molar-refractivity contribution in [2.24, 2.45) is 0 Å². The third-order valence-corrected chi connectivity index (χ3v) is 5.10. The number of hydrogen-bond donors (Lipinski definition) is 3. The monoisotopic (exact) mass is 347 g/mol. The van der Waals surface area contributed by atoms with Gasteiger partial charge in [-0.15, -0.1) is 5.10 Å². The number of fused-ring (bicyclic) bond motifs is 1. The lowest BCUT2D eigenvalue weighted by Crippen LogP contribution is -2.26. The van der Waals surface area contributed by atoms with Crippen molar-refractivity contribution in [2.45, 2.75) is 26.5 Å². The third kappa shape index (κ3) is 3.94. The quantitative estimate of drug-likeness (QED) is 0.537. The van der Waals surface area contributed by atoms with Crippen LogP contribution in [0.25, 0.3) is 11.0 Å². The molecule has 12 heteroatoms. The molecule has 1 atom stereocenters. The number of H-pyrrole nitrogens is 2. The predicted molar refractivity (Wildman–Crippen MR) is 80.5 cm³/mol. The van der Waals surface area contributed by atoms with Crippen LogP contribution >= 0.6 is 7.60 Å². The molecular weight excluding hydrogens is 329 g/mol. The van der Waals surface area contributed by atoms with Crippen molar-refractivity contribution < 1.29 is 18.7 Å². The molecular formula is C11H18N5O6P. The van der Waals surface area contributed by atoms with Gasteiger partial charge in [0.2, 0.25) is 0 Å². The van der Waals surface area contributed by atoms with Gasteiger partial charge in [0.15, 0.2) is 11.0 Å². The smallest absolute Gasteiger partial charge is 0.333 e. The Hall–Kier alpha value is -1.81. The summed E-state index contributed by atoms with van der Waals surface area (Å²) in [6.45, 7) is 3.48. The molecule has 0 saturated heterocycles. The van der Waals surface area contributed by atoms with Gasteiger partial charge in [0.25, 0.3) is 11.1 Å². The van der Waals surface area contributed by atoms with E-state index < -0.39 is 24.8 Å². The average Bonchev–Trinajstić information content (AvgIpc) is 2.88. The van der Waals surface area contributed by atoms with E-state index in [-0.39, 0.29) is 37.0 Å². The predicted octanol–water partition coefficient (Wildman–Crippen LogP) is -0.565. The van der Waals surface area contributed by atoms with Crippen LogP contribution in [0.3, 0.4) is 0 Å². The minimum atomic E-state index is -3.44. The molecule has 0 spiro atoms. The normalized spacial score (nSPS) is 13.5. The molecule has 1 unspecified atom stereocenters. The summed E-state index contributed by atoms with van der Waals surface area (Å²) in [4.78, 5) is 23.3. The van der Waals surface area contributed by atoms with Crippen LogP contribution < -0.4 is 11.1 Å². The second kappa shape index (κ2) is 7.18. The van der Waals surface area contributed by atoms with Crippen molar-refractivity contribution in [3.8, 4) is 0 Å². The molecule has 2 aromatic rings. The van der Waals surface area contributed by atoms with Gasteiger partial charge in [-0.3, -0.25) is 24.4 Å². The van der Waals surface area contributed by atoms with Crippen LogP contribution in [0.5, 0.6) is 0 Å². The Morgan fingerprint density at radius 1 is 1.22 bits per heavy atom. The topological polar surface area (TPSA) is 152 Å².